The number of benzene rings is 2. The van der Waals surface area contributed by atoms with Crippen LogP contribution in [0.4, 0.5) is 24.5 Å². The predicted molar refractivity (Wildman–Crippen MR) is 112 cm³/mol. The van der Waals surface area contributed by atoms with Crippen molar-refractivity contribution in [2.24, 2.45) is 0 Å². The maximum absolute atomic E-state index is 15.1. The van der Waals surface area contributed by atoms with E-state index < -0.39 is 48.4 Å². The molecule has 0 aromatic heterocycles. The molecule has 1 atom stereocenters. The lowest BCUT2D eigenvalue weighted by Gasteiger charge is -2.36. The fourth-order valence-corrected chi connectivity index (χ4v) is 3.62. The number of halogens is 5. The zero-order chi connectivity index (χ0) is 21.3. The molecule has 10 heteroatoms. The van der Waals surface area contributed by atoms with Gasteiger partial charge in [0.25, 0.3) is 5.92 Å². The first-order valence-corrected chi connectivity index (χ1v) is 9.25. The molecule has 0 spiro atoms. The van der Waals surface area contributed by atoms with Crippen molar-refractivity contribution in [2.75, 3.05) is 11.1 Å². The SMILES string of the molecule is CC(=O)Nc1ccc(N)c(F)c1C(C(=O)NC1CC(F)(F)C1)c1ccccc1Cl.Cl. The minimum Gasteiger partial charge on any atom is -0.396 e. The van der Waals surface area contributed by atoms with Crippen LogP contribution in [0.25, 0.3) is 0 Å². The minimum absolute atomic E-state index is 0. The molecule has 162 valence electrons. The van der Waals surface area contributed by atoms with Crippen LogP contribution in [0.2, 0.25) is 5.02 Å². The molecule has 1 saturated carbocycles. The summed E-state index contributed by atoms with van der Waals surface area (Å²) in [7, 11) is 0. The van der Waals surface area contributed by atoms with Crippen LogP contribution in [0.1, 0.15) is 36.8 Å². The quantitative estimate of drug-likeness (QED) is 0.573. The highest BCUT2D eigenvalue weighted by atomic mass is 35.5. The Morgan fingerprint density at radius 1 is 1.20 bits per heavy atom. The van der Waals surface area contributed by atoms with Gasteiger partial charge in [-0.25, -0.2) is 13.2 Å². The Morgan fingerprint density at radius 3 is 2.40 bits per heavy atom. The van der Waals surface area contributed by atoms with E-state index in [1.807, 2.05) is 0 Å². The maximum atomic E-state index is 15.1. The van der Waals surface area contributed by atoms with Crippen molar-refractivity contribution in [3.05, 3.63) is 58.4 Å². The number of rotatable bonds is 5. The summed E-state index contributed by atoms with van der Waals surface area (Å²) in [4.78, 5) is 24.7. The molecule has 1 fully saturated rings. The summed E-state index contributed by atoms with van der Waals surface area (Å²) in [6.45, 7) is 1.24. The zero-order valence-corrected chi connectivity index (χ0v) is 17.4. The number of hydrogen-bond donors (Lipinski definition) is 3. The van der Waals surface area contributed by atoms with E-state index in [1.165, 1.54) is 31.2 Å². The van der Waals surface area contributed by atoms with Gasteiger partial charge in [0, 0.05) is 42.1 Å². The Hall–Kier alpha value is -2.45. The number of nitrogens with one attached hydrogen (secondary N) is 2. The van der Waals surface area contributed by atoms with Crippen molar-refractivity contribution in [3.63, 3.8) is 0 Å². The van der Waals surface area contributed by atoms with Crippen LogP contribution in [0.3, 0.4) is 0 Å². The molecule has 1 aliphatic carbocycles. The third-order valence-corrected chi connectivity index (χ3v) is 5.07. The fraction of sp³-hybridized carbons (Fsp3) is 0.300. The summed E-state index contributed by atoms with van der Waals surface area (Å²) in [5, 5.41) is 5.19. The third kappa shape index (κ3) is 4.99. The van der Waals surface area contributed by atoms with E-state index in [-0.39, 0.29) is 39.9 Å². The number of amides is 2. The van der Waals surface area contributed by atoms with Gasteiger partial charge < -0.3 is 16.4 Å². The number of anilines is 2. The topological polar surface area (TPSA) is 84.2 Å². The van der Waals surface area contributed by atoms with Crippen molar-refractivity contribution >= 4 is 47.2 Å². The van der Waals surface area contributed by atoms with Gasteiger partial charge in [-0.1, -0.05) is 29.8 Å². The first-order valence-electron chi connectivity index (χ1n) is 8.87. The standard InChI is InChI=1S/C20H19ClF3N3O2.ClH/c1-10(28)26-15-7-6-14(25)18(22)17(15)16(12-4-2-3-5-13(12)21)19(29)27-11-8-20(23,24)9-11;/h2-7,11,16H,8-9,25H2,1H3,(H,26,28)(H,27,29);1H. The monoisotopic (exact) mass is 461 g/mol. The van der Waals surface area contributed by atoms with E-state index in [1.54, 1.807) is 12.1 Å². The Balaban J connectivity index is 0.00000320. The summed E-state index contributed by atoms with van der Waals surface area (Å²) in [5.41, 5.74) is 5.59. The van der Waals surface area contributed by atoms with Crippen LogP contribution >= 0.6 is 24.0 Å². The van der Waals surface area contributed by atoms with Crippen LogP contribution in [-0.2, 0) is 9.59 Å². The van der Waals surface area contributed by atoms with E-state index >= 15 is 4.39 Å². The summed E-state index contributed by atoms with van der Waals surface area (Å²) in [6, 6.07) is 8.20. The van der Waals surface area contributed by atoms with E-state index in [2.05, 4.69) is 10.6 Å². The van der Waals surface area contributed by atoms with Gasteiger partial charge in [-0.15, -0.1) is 12.4 Å². The normalized spacial score (nSPS) is 16.0. The molecule has 0 heterocycles. The molecule has 0 bridgehead atoms. The highest BCUT2D eigenvalue weighted by molar-refractivity contribution is 6.31. The maximum Gasteiger partial charge on any atom is 0.252 e. The van der Waals surface area contributed by atoms with Gasteiger partial charge in [-0.05, 0) is 23.8 Å². The molecule has 0 aliphatic heterocycles. The van der Waals surface area contributed by atoms with Crippen molar-refractivity contribution in [1.29, 1.82) is 0 Å². The Morgan fingerprint density at radius 2 is 1.83 bits per heavy atom. The van der Waals surface area contributed by atoms with Gasteiger partial charge in [-0.3, -0.25) is 9.59 Å². The van der Waals surface area contributed by atoms with Gasteiger partial charge in [0.2, 0.25) is 11.8 Å². The molecule has 2 aromatic carbocycles. The van der Waals surface area contributed by atoms with E-state index in [4.69, 9.17) is 17.3 Å². The predicted octanol–water partition coefficient (Wildman–Crippen LogP) is 4.49. The molecule has 30 heavy (non-hydrogen) atoms. The molecule has 4 N–H and O–H groups in total. The highest BCUT2D eigenvalue weighted by Gasteiger charge is 2.46. The molecule has 0 saturated heterocycles. The van der Waals surface area contributed by atoms with Crippen molar-refractivity contribution in [1.82, 2.24) is 5.32 Å². The number of hydrogen-bond acceptors (Lipinski definition) is 3. The average molecular weight is 462 g/mol. The summed E-state index contributed by atoms with van der Waals surface area (Å²) >= 11 is 6.25. The van der Waals surface area contributed by atoms with Gasteiger partial charge >= 0.3 is 0 Å². The van der Waals surface area contributed by atoms with Crippen LogP contribution in [0.15, 0.2) is 36.4 Å². The molecule has 1 aliphatic rings. The Labute approximate surface area is 182 Å². The minimum atomic E-state index is -2.83. The number of nitrogen functional groups attached to an aromatic ring is 1. The van der Waals surface area contributed by atoms with Gasteiger partial charge in [0.05, 0.1) is 11.6 Å². The molecular weight excluding hydrogens is 442 g/mol. The van der Waals surface area contributed by atoms with E-state index in [9.17, 15) is 18.4 Å². The van der Waals surface area contributed by atoms with Crippen LogP contribution in [-0.4, -0.2) is 23.8 Å². The van der Waals surface area contributed by atoms with E-state index in [0.717, 1.165) is 0 Å². The van der Waals surface area contributed by atoms with E-state index in [0.29, 0.717) is 0 Å². The van der Waals surface area contributed by atoms with Gasteiger partial charge in [0.15, 0.2) is 5.82 Å². The Bertz CT molecular complexity index is 964. The summed E-state index contributed by atoms with van der Waals surface area (Å²) < 4.78 is 41.4. The zero-order valence-electron chi connectivity index (χ0n) is 15.8. The lowest BCUT2D eigenvalue weighted by atomic mass is 9.85. The second-order valence-electron chi connectivity index (χ2n) is 7.04. The number of carbonyl (C=O) groups is 2. The number of alkyl halides is 2. The number of nitrogens with two attached hydrogens (primary N) is 1. The molecule has 0 radical (unpaired) electrons. The average Bonchev–Trinajstić information content (AvgIpc) is 2.60. The first kappa shape index (κ1) is 23.8. The van der Waals surface area contributed by atoms with Gasteiger partial charge in [-0.2, -0.15) is 0 Å². The van der Waals surface area contributed by atoms with Crippen molar-refractivity contribution in [2.45, 2.75) is 37.6 Å². The molecule has 5 nitrogen and oxygen atoms in total. The lowest BCUT2D eigenvalue weighted by molar-refractivity contribution is -0.129. The fourth-order valence-electron chi connectivity index (χ4n) is 3.38. The molecule has 2 amide bonds. The van der Waals surface area contributed by atoms with Crippen molar-refractivity contribution < 1.29 is 22.8 Å². The number of carbonyl (C=O) groups excluding carboxylic acids is 2. The Kier molecular flexibility index (Phi) is 7.26. The van der Waals surface area contributed by atoms with Crippen LogP contribution < -0.4 is 16.4 Å². The second-order valence-corrected chi connectivity index (χ2v) is 7.44. The molecule has 2 aromatic rings. The summed E-state index contributed by atoms with van der Waals surface area (Å²) in [6.07, 6.45) is -0.988. The first-order chi connectivity index (χ1) is 13.6. The second kappa shape index (κ2) is 9.14. The molecule has 1 unspecified atom stereocenters. The smallest absolute Gasteiger partial charge is 0.252 e. The van der Waals surface area contributed by atoms with Crippen LogP contribution in [0, 0.1) is 5.82 Å². The van der Waals surface area contributed by atoms with Gasteiger partial charge in [0.1, 0.15) is 0 Å². The third-order valence-electron chi connectivity index (χ3n) is 4.72. The largest absolute Gasteiger partial charge is 0.396 e. The highest BCUT2D eigenvalue weighted by Crippen LogP contribution is 2.40. The van der Waals surface area contributed by atoms with Crippen molar-refractivity contribution in [3.8, 4) is 0 Å². The summed E-state index contributed by atoms with van der Waals surface area (Å²) in [5.74, 6) is -6.22. The van der Waals surface area contributed by atoms with Crippen LogP contribution in [0.5, 0.6) is 0 Å². The lowest BCUT2D eigenvalue weighted by Crippen LogP contribution is -2.51. The molecular formula is C20H20Cl2F3N3O2. The molecule has 3 rings (SSSR count).